The van der Waals surface area contributed by atoms with Crippen molar-refractivity contribution in [1.82, 2.24) is 4.90 Å². The lowest BCUT2D eigenvalue weighted by Gasteiger charge is -2.28. The number of methoxy groups -OCH3 is 1. The summed E-state index contributed by atoms with van der Waals surface area (Å²) in [7, 11) is 5.15. The number of anilines is 1. The summed E-state index contributed by atoms with van der Waals surface area (Å²) in [6.07, 6.45) is -1.21. The molecule has 200 valence electrons. The second-order valence-electron chi connectivity index (χ2n) is 8.94. The molecule has 7 nitrogen and oxygen atoms in total. The standard InChI is InChI=1S/C28H28F2N2O5S/c1-17(33)36-26-27(18-5-12-24(35-4)22(30)15-18)38-25-16-21(37-20-8-6-19(29)7-9-20)10-11-23(25)32(28(26)34)14-13-31(2)3/h5-12,15-16,26-27H,13-14H2,1-4H3. The van der Waals surface area contributed by atoms with E-state index in [9.17, 15) is 18.4 Å². The van der Waals surface area contributed by atoms with E-state index < -0.39 is 29.0 Å². The number of thioether (sulfide) groups is 1. The number of halogens is 2. The molecule has 38 heavy (non-hydrogen) atoms. The van der Waals surface area contributed by atoms with E-state index >= 15 is 0 Å². The minimum Gasteiger partial charge on any atom is -0.494 e. The Bertz CT molecular complexity index is 1320. The molecule has 0 radical (unpaired) electrons. The normalized spacial score (nSPS) is 17.1. The molecule has 2 unspecified atom stereocenters. The van der Waals surface area contributed by atoms with E-state index in [-0.39, 0.29) is 11.6 Å². The molecular formula is C28H28F2N2O5S. The average Bonchev–Trinajstić information content (AvgIpc) is 2.98. The van der Waals surface area contributed by atoms with Crippen molar-refractivity contribution in [2.45, 2.75) is 23.2 Å². The van der Waals surface area contributed by atoms with Crippen molar-refractivity contribution < 1.29 is 32.6 Å². The highest BCUT2D eigenvalue weighted by atomic mass is 32.2. The molecule has 1 amide bonds. The third-order valence-electron chi connectivity index (χ3n) is 5.88. The largest absolute Gasteiger partial charge is 0.494 e. The second kappa shape index (κ2) is 11.8. The maximum atomic E-state index is 14.7. The Kier molecular flexibility index (Phi) is 8.53. The van der Waals surface area contributed by atoms with Crippen molar-refractivity contribution in [3.05, 3.63) is 77.9 Å². The van der Waals surface area contributed by atoms with Gasteiger partial charge in [-0.05, 0) is 74.3 Å². The number of fused-ring (bicyclic) bond motifs is 1. The highest BCUT2D eigenvalue weighted by Crippen LogP contribution is 2.48. The molecule has 0 saturated heterocycles. The Labute approximate surface area is 224 Å². The van der Waals surface area contributed by atoms with Crippen molar-refractivity contribution in [2.24, 2.45) is 0 Å². The monoisotopic (exact) mass is 542 g/mol. The topological polar surface area (TPSA) is 68.3 Å². The van der Waals surface area contributed by atoms with Crippen LogP contribution >= 0.6 is 11.8 Å². The van der Waals surface area contributed by atoms with Crippen LogP contribution in [0.2, 0.25) is 0 Å². The van der Waals surface area contributed by atoms with Crippen LogP contribution in [-0.2, 0) is 14.3 Å². The Morgan fingerprint density at radius 1 is 1.03 bits per heavy atom. The minimum absolute atomic E-state index is 0.0609. The van der Waals surface area contributed by atoms with Crippen LogP contribution in [0.25, 0.3) is 0 Å². The summed E-state index contributed by atoms with van der Waals surface area (Å²) in [6.45, 7) is 2.12. The van der Waals surface area contributed by atoms with Gasteiger partial charge in [0.2, 0.25) is 0 Å². The van der Waals surface area contributed by atoms with Crippen molar-refractivity contribution in [3.8, 4) is 17.2 Å². The smallest absolute Gasteiger partial charge is 0.303 e. The number of carbonyl (C=O) groups excluding carboxylic acids is 2. The number of nitrogens with zero attached hydrogens (tertiary/aromatic N) is 2. The van der Waals surface area contributed by atoms with Gasteiger partial charge in [0.1, 0.15) is 17.3 Å². The Hall–Kier alpha value is -3.63. The van der Waals surface area contributed by atoms with Crippen LogP contribution in [0.4, 0.5) is 14.5 Å². The van der Waals surface area contributed by atoms with Crippen LogP contribution in [0, 0.1) is 11.6 Å². The van der Waals surface area contributed by atoms with Gasteiger partial charge in [-0.2, -0.15) is 0 Å². The molecule has 3 aromatic carbocycles. The van der Waals surface area contributed by atoms with Gasteiger partial charge >= 0.3 is 5.97 Å². The van der Waals surface area contributed by atoms with Crippen LogP contribution in [-0.4, -0.2) is 57.2 Å². The summed E-state index contributed by atoms with van der Waals surface area (Å²) < 4.78 is 44.6. The lowest BCUT2D eigenvalue weighted by molar-refractivity contribution is -0.152. The first-order chi connectivity index (χ1) is 18.2. The van der Waals surface area contributed by atoms with E-state index in [1.54, 1.807) is 29.2 Å². The van der Waals surface area contributed by atoms with E-state index in [2.05, 4.69) is 0 Å². The van der Waals surface area contributed by atoms with Gasteiger partial charge in [-0.3, -0.25) is 9.59 Å². The number of ether oxygens (including phenoxy) is 3. The molecule has 0 fully saturated rings. The third-order valence-corrected chi connectivity index (χ3v) is 7.23. The predicted molar refractivity (Wildman–Crippen MR) is 141 cm³/mol. The van der Waals surface area contributed by atoms with Crippen LogP contribution in [0.1, 0.15) is 17.7 Å². The molecule has 4 rings (SSSR count). The van der Waals surface area contributed by atoms with E-state index in [0.717, 1.165) is 0 Å². The molecule has 2 atom stereocenters. The average molecular weight is 543 g/mol. The highest BCUT2D eigenvalue weighted by molar-refractivity contribution is 7.99. The summed E-state index contributed by atoms with van der Waals surface area (Å²) in [5.41, 5.74) is 1.07. The van der Waals surface area contributed by atoms with Gasteiger partial charge in [-0.25, -0.2) is 8.78 Å². The molecule has 1 heterocycles. The number of likely N-dealkylation sites (N-methyl/N-ethyl adjacent to an activating group) is 1. The SMILES string of the molecule is COc1ccc(C2Sc3cc(Oc4ccc(F)cc4)ccc3N(CCN(C)C)C(=O)C2OC(C)=O)cc1F. The minimum atomic E-state index is -1.21. The number of hydrogen-bond donors (Lipinski definition) is 0. The van der Waals surface area contributed by atoms with Gasteiger partial charge in [0.05, 0.1) is 18.0 Å². The number of rotatable bonds is 8. The zero-order valence-electron chi connectivity index (χ0n) is 21.4. The maximum Gasteiger partial charge on any atom is 0.303 e. The summed E-state index contributed by atoms with van der Waals surface area (Å²) in [6, 6.07) is 15.3. The lowest BCUT2D eigenvalue weighted by Crippen LogP contribution is -2.45. The third kappa shape index (κ3) is 6.25. The fourth-order valence-corrected chi connectivity index (χ4v) is 5.37. The Balaban J connectivity index is 1.80. The summed E-state index contributed by atoms with van der Waals surface area (Å²) in [5.74, 6) is -1.04. The number of amides is 1. The fraction of sp³-hybridized carbons (Fsp3) is 0.286. The molecule has 0 aliphatic carbocycles. The first-order valence-electron chi connectivity index (χ1n) is 11.9. The Morgan fingerprint density at radius 2 is 1.74 bits per heavy atom. The number of esters is 1. The zero-order chi connectivity index (χ0) is 27.4. The number of benzene rings is 3. The first kappa shape index (κ1) is 27.4. The molecule has 0 N–H and O–H groups in total. The molecule has 0 saturated carbocycles. The van der Waals surface area contributed by atoms with Gasteiger partial charge in [-0.1, -0.05) is 6.07 Å². The molecule has 0 aromatic heterocycles. The van der Waals surface area contributed by atoms with E-state index in [0.29, 0.717) is 40.7 Å². The van der Waals surface area contributed by atoms with Crippen LogP contribution < -0.4 is 14.4 Å². The lowest BCUT2D eigenvalue weighted by atomic mass is 10.0. The zero-order valence-corrected chi connectivity index (χ0v) is 22.3. The summed E-state index contributed by atoms with van der Waals surface area (Å²) >= 11 is 1.27. The van der Waals surface area contributed by atoms with Gasteiger partial charge in [0.25, 0.3) is 5.91 Å². The van der Waals surface area contributed by atoms with Crippen LogP contribution in [0.15, 0.2) is 65.6 Å². The van der Waals surface area contributed by atoms with E-state index in [4.69, 9.17) is 14.2 Å². The van der Waals surface area contributed by atoms with Crippen molar-refractivity contribution in [3.63, 3.8) is 0 Å². The van der Waals surface area contributed by atoms with Crippen molar-refractivity contribution in [1.29, 1.82) is 0 Å². The number of carbonyl (C=O) groups is 2. The van der Waals surface area contributed by atoms with Crippen LogP contribution in [0.5, 0.6) is 17.2 Å². The molecule has 3 aromatic rings. The first-order valence-corrected chi connectivity index (χ1v) is 12.7. The molecule has 0 spiro atoms. The Morgan fingerprint density at radius 3 is 2.37 bits per heavy atom. The van der Waals surface area contributed by atoms with Crippen molar-refractivity contribution in [2.75, 3.05) is 39.2 Å². The van der Waals surface area contributed by atoms with Gasteiger partial charge < -0.3 is 24.0 Å². The number of hydrogen-bond acceptors (Lipinski definition) is 7. The quantitative estimate of drug-likeness (QED) is 0.351. The van der Waals surface area contributed by atoms with Crippen LogP contribution in [0.3, 0.4) is 0 Å². The van der Waals surface area contributed by atoms with Crippen molar-refractivity contribution >= 4 is 29.3 Å². The molecule has 0 bridgehead atoms. The molecule has 1 aliphatic rings. The highest BCUT2D eigenvalue weighted by Gasteiger charge is 2.41. The van der Waals surface area contributed by atoms with Gasteiger partial charge in [0.15, 0.2) is 17.7 Å². The maximum absolute atomic E-state index is 14.7. The summed E-state index contributed by atoms with van der Waals surface area (Å²) in [5, 5.41) is -0.754. The van der Waals surface area contributed by atoms with E-state index in [1.807, 2.05) is 19.0 Å². The van der Waals surface area contributed by atoms with Gasteiger partial charge in [-0.15, -0.1) is 11.8 Å². The second-order valence-corrected chi connectivity index (χ2v) is 10.1. The molecular weight excluding hydrogens is 514 g/mol. The molecule has 10 heteroatoms. The molecule has 1 aliphatic heterocycles. The van der Waals surface area contributed by atoms with Gasteiger partial charge in [0, 0.05) is 24.9 Å². The predicted octanol–water partition coefficient (Wildman–Crippen LogP) is 5.44. The summed E-state index contributed by atoms with van der Waals surface area (Å²) in [4.78, 5) is 30.2. The fourth-order valence-electron chi connectivity index (χ4n) is 4.04. The van der Waals surface area contributed by atoms with E-state index in [1.165, 1.54) is 62.2 Å².